The van der Waals surface area contributed by atoms with E-state index in [0.717, 1.165) is 36.1 Å². The van der Waals surface area contributed by atoms with Gasteiger partial charge in [-0.15, -0.1) is 11.3 Å². The van der Waals surface area contributed by atoms with E-state index in [1.54, 1.807) is 48.5 Å². The van der Waals surface area contributed by atoms with E-state index in [2.05, 4.69) is 10.6 Å². The van der Waals surface area contributed by atoms with Crippen LogP contribution in [0.15, 0.2) is 60.7 Å². The maximum absolute atomic E-state index is 13.3. The Morgan fingerprint density at radius 2 is 1.48 bits per heavy atom. The van der Waals surface area contributed by atoms with E-state index in [0.29, 0.717) is 21.7 Å². The van der Waals surface area contributed by atoms with Gasteiger partial charge in [0.1, 0.15) is 5.00 Å². The molecular formula is C24H23N3O3S. The summed E-state index contributed by atoms with van der Waals surface area (Å²) >= 11 is 1.44. The van der Waals surface area contributed by atoms with Crippen molar-refractivity contribution in [3.8, 4) is 0 Å². The second kappa shape index (κ2) is 9.14. The highest BCUT2D eigenvalue weighted by Gasteiger charge is 2.29. The van der Waals surface area contributed by atoms with Crippen LogP contribution in [0.25, 0.3) is 0 Å². The molecule has 0 aliphatic heterocycles. The van der Waals surface area contributed by atoms with Gasteiger partial charge < -0.3 is 16.4 Å². The molecule has 6 nitrogen and oxygen atoms in total. The number of nitrogens with one attached hydrogen (secondary N) is 2. The van der Waals surface area contributed by atoms with Gasteiger partial charge in [-0.1, -0.05) is 48.5 Å². The van der Waals surface area contributed by atoms with E-state index >= 15 is 0 Å². The summed E-state index contributed by atoms with van der Waals surface area (Å²) < 4.78 is 0. The van der Waals surface area contributed by atoms with Crippen molar-refractivity contribution in [1.29, 1.82) is 0 Å². The quantitative estimate of drug-likeness (QED) is 0.390. The lowest BCUT2D eigenvalue weighted by atomic mass is 9.95. The number of ketones is 1. The number of nitrogens with two attached hydrogens (primary N) is 1. The number of primary amides is 1. The number of thiophene rings is 1. The van der Waals surface area contributed by atoms with Crippen LogP contribution in [-0.4, -0.2) is 23.8 Å². The van der Waals surface area contributed by atoms with E-state index in [9.17, 15) is 14.4 Å². The summed E-state index contributed by atoms with van der Waals surface area (Å²) in [7, 11) is 0. The van der Waals surface area contributed by atoms with Gasteiger partial charge in [0, 0.05) is 16.0 Å². The summed E-state index contributed by atoms with van der Waals surface area (Å²) in [6.45, 7) is 0. The van der Waals surface area contributed by atoms with Crippen molar-refractivity contribution in [2.45, 2.75) is 31.8 Å². The largest absolute Gasteiger partial charge is 0.365 e. The van der Waals surface area contributed by atoms with Gasteiger partial charge in [-0.25, -0.2) is 0 Å². The molecule has 0 saturated carbocycles. The average Bonchev–Trinajstić information content (AvgIpc) is 3.17. The van der Waals surface area contributed by atoms with Crippen molar-refractivity contribution in [3.63, 3.8) is 0 Å². The van der Waals surface area contributed by atoms with Gasteiger partial charge in [-0.3, -0.25) is 14.4 Å². The van der Waals surface area contributed by atoms with Gasteiger partial charge in [0.25, 0.3) is 11.8 Å². The van der Waals surface area contributed by atoms with E-state index in [1.165, 1.54) is 11.3 Å². The molecule has 158 valence electrons. The summed E-state index contributed by atoms with van der Waals surface area (Å²) in [5.74, 6) is -1.21. The van der Waals surface area contributed by atoms with Crippen molar-refractivity contribution < 1.29 is 14.4 Å². The molecule has 0 radical (unpaired) electrons. The molecule has 31 heavy (non-hydrogen) atoms. The minimum absolute atomic E-state index is 0.299. The maximum Gasteiger partial charge on any atom is 0.253 e. The third-order valence-corrected chi connectivity index (χ3v) is 6.55. The first-order chi connectivity index (χ1) is 15.0. The predicted octanol–water partition coefficient (Wildman–Crippen LogP) is 3.78. The standard InChI is InChI=1S/C24H23N3O3S/c25-21(29)19-17-13-7-8-14-18(17)31-24(19)27-22(20(28)15-9-3-1-4-10-15)26-23(30)16-11-5-2-6-12-16/h1-6,9-12,22,27H,7-8,13-14H2,(H2,25,29)(H,26,30). The van der Waals surface area contributed by atoms with Gasteiger partial charge in [0.2, 0.25) is 5.78 Å². The van der Waals surface area contributed by atoms with Gasteiger partial charge in [-0.05, 0) is 43.4 Å². The summed E-state index contributed by atoms with van der Waals surface area (Å²) in [4.78, 5) is 39.4. The Morgan fingerprint density at radius 3 is 2.13 bits per heavy atom. The van der Waals surface area contributed by atoms with Crippen molar-refractivity contribution in [2.24, 2.45) is 5.73 Å². The molecule has 0 bridgehead atoms. The maximum atomic E-state index is 13.3. The molecule has 1 atom stereocenters. The number of amides is 2. The molecule has 0 saturated heterocycles. The Hall–Kier alpha value is -3.45. The van der Waals surface area contributed by atoms with E-state index in [4.69, 9.17) is 5.73 Å². The molecule has 4 N–H and O–H groups in total. The van der Waals surface area contributed by atoms with Crippen LogP contribution in [0.1, 0.15) is 54.4 Å². The fourth-order valence-electron chi connectivity index (χ4n) is 3.80. The second-order valence-electron chi connectivity index (χ2n) is 7.43. The second-order valence-corrected chi connectivity index (χ2v) is 8.53. The van der Waals surface area contributed by atoms with Gasteiger partial charge in [0.05, 0.1) is 5.56 Å². The van der Waals surface area contributed by atoms with Gasteiger partial charge in [0.15, 0.2) is 6.17 Å². The number of hydrogen-bond acceptors (Lipinski definition) is 5. The number of fused-ring (bicyclic) bond motifs is 1. The van der Waals surface area contributed by atoms with Crippen LogP contribution in [0, 0.1) is 0 Å². The topological polar surface area (TPSA) is 101 Å². The Balaban J connectivity index is 1.68. The molecule has 2 aromatic carbocycles. The highest BCUT2D eigenvalue weighted by molar-refractivity contribution is 7.16. The number of hydrogen-bond donors (Lipinski definition) is 3. The van der Waals surface area contributed by atoms with Gasteiger partial charge >= 0.3 is 0 Å². The van der Waals surface area contributed by atoms with Crippen molar-refractivity contribution >= 4 is 33.9 Å². The number of anilines is 1. The Bertz CT molecular complexity index is 1110. The molecule has 1 unspecified atom stereocenters. The first-order valence-corrected chi connectivity index (χ1v) is 11.0. The van der Waals surface area contributed by atoms with Crippen molar-refractivity contribution in [2.75, 3.05) is 5.32 Å². The minimum Gasteiger partial charge on any atom is -0.365 e. The zero-order chi connectivity index (χ0) is 21.8. The lowest BCUT2D eigenvalue weighted by molar-refractivity contribution is 0.0869. The number of rotatable bonds is 7. The van der Waals surface area contributed by atoms with Crippen LogP contribution in [0.3, 0.4) is 0 Å². The highest BCUT2D eigenvalue weighted by atomic mass is 32.1. The summed E-state index contributed by atoms with van der Waals surface area (Å²) in [6, 6.07) is 17.4. The molecule has 4 rings (SSSR count). The molecule has 1 aliphatic rings. The molecule has 3 aromatic rings. The highest BCUT2D eigenvalue weighted by Crippen LogP contribution is 2.38. The first-order valence-electron chi connectivity index (χ1n) is 10.2. The molecule has 0 spiro atoms. The van der Waals surface area contributed by atoms with Crippen molar-refractivity contribution in [1.82, 2.24) is 5.32 Å². The number of benzene rings is 2. The third-order valence-electron chi connectivity index (χ3n) is 5.33. The van der Waals surface area contributed by atoms with E-state index in [1.807, 2.05) is 12.1 Å². The molecule has 1 heterocycles. The number of carbonyl (C=O) groups excluding carboxylic acids is 3. The molecule has 1 aliphatic carbocycles. The molecule has 0 fully saturated rings. The SMILES string of the molecule is NC(=O)c1c(NC(NC(=O)c2ccccc2)C(=O)c2ccccc2)sc2c1CCCC2. The van der Waals surface area contributed by atoms with E-state index in [-0.39, 0.29) is 11.7 Å². The summed E-state index contributed by atoms with van der Waals surface area (Å²) in [5.41, 5.74) is 7.98. The summed E-state index contributed by atoms with van der Waals surface area (Å²) in [6.07, 6.45) is 2.69. The Morgan fingerprint density at radius 1 is 0.871 bits per heavy atom. The van der Waals surface area contributed by atoms with Crippen LogP contribution < -0.4 is 16.4 Å². The molecular weight excluding hydrogens is 410 g/mol. The first kappa shape index (κ1) is 20.8. The average molecular weight is 434 g/mol. The number of Topliss-reactive ketones (excluding diaryl/α,β-unsaturated/α-hetero) is 1. The molecule has 2 amide bonds. The lowest BCUT2D eigenvalue weighted by Gasteiger charge is -2.20. The summed E-state index contributed by atoms with van der Waals surface area (Å²) in [5, 5.41) is 6.43. The fourth-order valence-corrected chi connectivity index (χ4v) is 5.12. The van der Waals surface area contributed by atoms with Crippen molar-refractivity contribution in [3.05, 3.63) is 87.8 Å². The van der Waals surface area contributed by atoms with Crippen LogP contribution in [0.4, 0.5) is 5.00 Å². The van der Waals surface area contributed by atoms with Crippen LogP contribution >= 0.6 is 11.3 Å². The normalized spacial score (nSPS) is 13.7. The number of carbonyl (C=O) groups is 3. The zero-order valence-corrected chi connectivity index (χ0v) is 17.7. The van der Waals surface area contributed by atoms with E-state index < -0.39 is 12.1 Å². The fraction of sp³-hybridized carbons (Fsp3) is 0.208. The van der Waals surface area contributed by atoms with Crippen LogP contribution in [0.5, 0.6) is 0 Å². The number of aryl methyl sites for hydroxylation is 1. The van der Waals surface area contributed by atoms with Crippen LogP contribution in [0.2, 0.25) is 0 Å². The third kappa shape index (κ3) is 4.51. The Labute approximate surface area is 184 Å². The Kier molecular flexibility index (Phi) is 6.13. The monoisotopic (exact) mass is 433 g/mol. The minimum atomic E-state index is -1.05. The van der Waals surface area contributed by atoms with Gasteiger partial charge in [-0.2, -0.15) is 0 Å². The zero-order valence-electron chi connectivity index (χ0n) is 16.9. The predicted molar refractivity (Wildman–Crippen MR) is 122 cm³/mol. The molecule has 7 heteroatoms. The smallest absolute Gasteiger partial charge is 0.253 e. The lowest BCUT2D eigenvalue weighted by Crippen LogP contribution is -2.46. The molecule has 1 aromatic heterocycles. The van der Waals surface area contributed by atoms with Crippen LogP contribution in [-0.2, 0) is 12.8 Å².